The number of nitrogens with two attached hydrogens (primary N) is 2. The fraction of sp³-hybridized carbons (Fsp3) is 0.562. The maximum atomic E-state index is 11.9. The summed E-state index contributed by atoms with van der Waals surface area (Å²) in [5.41, 5.74) is 11.7. The minimum absolute atomic E-state index is 0.435. The van der Waals surface area contributed by atoms with E-state index in [1.807, 2.05) is 30.3 Å². The molecule has 3 atom stereocenters. The molecule has 110 valence electrons. The number of primary amides is 1. The number of hydrogen-bond donors (Lipinski definition) is 2. The average Bonchev–Trinajstić information content (AvgIpc) is 2.42. The Morgan fingerprint density at radius 2 is 2.00 bits per heavy atom. The molecule has 20 heavy (non-hydrogen) atoms. The van der Waals surface area contributed by atoms with E-state index in [0.29, 0.717) is 12.6 Å². The number of carbonyl (C=O) groups is 1. The third-order valence-electron chi connectivity index (χ3n) is 4.46. The first-order valence-electron chi connectivity index (χ1n) is 7.32. The molecule has 3 unspecified atom stereocenters. The van der Waals surface area contributed by atoms with Crippen molar-refractivity contribution in [1.29, 1.82) is 0 Å². The summed E-state index contributed by atoms with van der Waals surface area (Å²) >= 11 is 0. The number of nitrogens with zero attached hydrogens (tertiary/aromatic N) is 1. The smallest absolute Gasteiger partial charge is 0.243 e. The molecule has 1 aromatic rings. The molecule has 2 rings (SSSR count). The van der Waals surface area contributed by atoms with Gasteiger partial charge in [0.1, 0.15) is 5.54 Å². The summed E-state index contributed by atoms with van der Waals surface area (Å²) in [4.78, 5) is 14.2. The van der Waals surface area contributed by atoms with Crippen LogP contribution in [0.15, 0.2) is 30.3 Å². The lowest BCUT2D eigenvalue weighted by Gasteiger charge is -2.41. The molecule has 4 N–H and O–H groups in total. The molecule has 1 aliphatic heterocycles. The highest BCUT2D eigenvalue weighted by Crippen LogP contribution is 2.26. The molecule has 4 nitrogen and oxygen atoms in total. The van der Waals surface area contributed by atoms with Gasteiger partial charge in [0.2, 0.25) is 5.91 Å². The van der Waals surface area contributed by atoms with E-state index in [0.717, 1.165) is 30.9 Å². The largest absolute Gasteiger partial charge is 0.368 e. The van der Waals surface area contributed by atoms with E-state index in [-0.39, 0.29) is 0 Å². The number of hydrogen-bond acceptors (Lipinski definition) is 3. The van der Waals surface area contributed by atoms with Gasteiger partial charge in [0.15, 0.2) is 0 Å². The molecule has 0 aromatic heterocycles. The van der Waals surface area contributed by atoms with Crippen molar-refractivity contribution in [2.75, 3.05) is 13.1 Å². The fourth-order valence-corrected chi connectivity index (χ4v) is 3.06. The molecule has 0 spiro atoms. The number of rotatable bonds is 4. The molecule has 1 amide bonds. The Hall–Kier alpha value is -1.39. The van der Waals surface area contributed by atoms with Gasteiger partial charge in [-0.3, -0.25) is 9.69 Å². The first-order valence-corrected chi connectivity index (χ1v) is 7.32. The van der Waals surface area contributed by atoms with Gasteiger partial charge in [-0.05, 0) is 37.8 Å². The highest BCUT2D eigenvalue weighted by Gasteiger charge is 2.38. The SMILES string of the molecule is CC1CCN(CC(N)(C(N)=O)c2ccccc2)C(C)C1. The molecule has 0 bridgehead atoms. The summed E-state index contributed by atoms with van der Waals surface area (Å²) in [6.45, 7) is 5.93. The van der Waals surface area contributed by atoms with Gasteiger partial charge in [-0.25, -0.2) is 0 Å². The van der Waals surface area contributed by atoms with Crippen molar-refractivity contribution in [3.05, 3.63) is 35.9 Å². The average molecular weight is 275 g/mol. The zero-order valence-corrected chi connectivity index (χ0v) is 12.4. The van der Waals surface area contributed by atoms with Crippen LogP contribution in [0.5, 0.6) is 0 Å². The van der Waals surface area contributed by atoms with Crippen LogP contribution in [0.3, 0.4) is 0 Å². The Morgan fingerprint density at radius 3 is 2.55 bits per heavy atom. The summed E-state index contributed by atoms with van der Waals surface area (Å²) in [5, 5.41) is 0. The Balaban J connectivity index is 2.20. The second kappa shape index (κ2) is 5.94. The van der Waals surface area contributed by atoms with Crippen LogP contribution in [0.25, 0.3) is 0 Å². The minimum atomic E-state index is -1.11. The topological polar surface area (TPSA) is 72.3 Å². The molecule has 0 saturated carbocycles. The van der Waals surface area contributed by atoms with Crippen molar-refractivity contribution in [2.45, 2.75) is 38.3 Å². The first kappa shape index (κ1) is 15.0. The van der Waals surface area contributed by atoms with E-state index in [1.54, 1.807) is 0 Å². The van der Waals surface area contributed by atoms with Gasteiger partial charge < -0.3 is 11.5 Å². The molecule has 1 aromatic carbocycles. The molecule has 1 fully saturated rings. The van der Waals surface area contributed by atoms with Gasteiger partial charge in [-0.1, -0.05) is 37.3 Å². The van der Waals surface area contributed by atoms with Crippen LogP contribution in [0.1, 0.15) is 32.3 Å². The van der Waals surface area contributed by atoms with Crippen molar-refractivity contribution in [1.82, 2.24) is 4.90 Å². The van der Waals surface area contributed by atoms with E-state index in [1.165, 1.54) is 0 Å². The predicted molar refractivity (Wildman–Crippen MR) is 80.9 cm³/mol. The highest BCUT2D eigenvalue weighted by atomic mass is 16.1. The van der Waals surface area contributed by atoms with Gasteiger partial charge in [0, 0.05) is 12.6 Å². The summed E-state index contributed by atoms with van der Waals surface area (Å²) < 4.78 is 0. The van der Waals surface area contributed by atoms with E-state index >= 15 is 0 Å². The summed E-state index contributed by atoms with van der Waals surface area (Å²) in [5.74, 6) is 0.272. The van der Waals surface area contributed by atoms with Crippen molar-refractivity contribution in [2.24, 2.45) is 17.4 Å². The van der Waals surface area contributed by atoms with E-state index < -0.39 is 11.4 Å². The summed E-state index contributed by atoms with van der Waals surface area (Å²) in [6, 6.07) is 9.88. The fourth-order valence-electron chi connectivity index (χ4n) is 3.06. The Kier molecular flexibility index (Phi) is 4.45. The minimum Gasteiger partial charge on any atom is -0.368 e. The van der Waals surface area contributed by atoms with Crippen LogP contribution in [-0.2, 0) is 10.3 Å². The molecule has 0 radical (unpaired) electrons. The molecule has 4 heteroatoms. The maximum absolute atomic E-state index is 11.9. The van der Waals surface area contributed by atoms with E-state index in [4.69, 9.17) is 11.5 Å². The maximum Gasteiger partial charge on any atom is 0.243 e. The lowest BCUT2D eigenvalue weighted by molar-refractivity contribution is -0.124. The number of benzene rings is 1. The zero-order valence-electron chi connectivity index (χ0n) is 12.4. The van der Waals surface area contributed by atoms with E-state index in [2.05, 4.69) is 18.7 Å². The predicted octanol–water partition coefficient (Wildman–Crippen LogP) is 1.45. The Bertz CT molecular complexity index is 462. The molecular formula is C16H25N3O. The van der Waals surface area contributed by atoms with Crippen LogP contribution < -0.4 is 11.5 Å². The molecular weight excluding hydrogens is 250 g/mol. The van der Waals surface area contributed by atoms with Crippen LogP contribution in [0, 0.1) is 5.92 Å². The van der Waals surface area contributed by atoms with Crippen LogP contribution >= 0.6 is 0 Å². The third-order valence-corrected chi connectivity index (χ3v) is 4.46. The van der Waals surface area contributed by atoms with Crippen molar-refractivity contribution >= 4 is 5.91 Å². The monoisotopic (exact) mass is 275 g/mol. The van der Waals surface area contributed by atoms with Crippen LogP contribution in [0.2, 0.25) is 0 Å². The molecule has 0 aliphatic carbocycles. The third kappa shape index (κ3) is 3.02. The lowest BCUT2D eigenvalue weighted by atomic mass is 9.86. The van der Waals surface area contributed by atoms with Crippen molar-refractivity contribution in [3.63, 3.8) is 0 Å². The quantitative estimate of drug-likeness (QED) is 0.873. The van der Waals surface area contributed by atoms with Crippen LogP contribution in [-0.4, -0.2) is 29.9 Å². The normalized spacial score (nSPS) is 26.9. The Morgan fingerprint density at radius 1 is 1.35 bits per heavy atom. The number of likely N-dealkylation sites (tertiary alicyclic amines) is 1. The van der Waals surface area contributed by atoms with Gasteiger partial charge in [-0.15, -0.1) is 0 Å². The van der Waals surface area contributed by atoms with Gasteiger partial charge in [0.25, 0.3) is 0 Å². The zero-order chi connectivity index (χ0) is 14.8. The number of carbonyl (C=O) groups excluding carboxylic acids is 1. The van der Waals surface area contributed by atoms with Crippen molar-refractivity contribution in [3.8, 4) is 0 Å². The van der Waals surface area contributed by atoms with Gasteiger partial charge in [-0.2, -0.15) is 0 Å². The number of piperidine rings is 1. The lowest BCUT2D eigenvalue weighted by Crippen LogP contribution is -2.58. The van der Waals surface area contributed by atoms with E-state index in [9.17, 15) is 4.79 Å². The second-order valence-corrected chi connectivity index (χ2v) is 6.15. The molecule has 1 saturated heterocycles. The van der Waals surface area contributed by atoms with Crippen molar-refractivity contribution < 1.29 is 4.79 Å². The summed E-state index contributed by atoms with van der Waals surface area (Å²) in [7, 11) is 0. The van der Waals surface area contributed by atoms with Gasteiger partial charge in [0.05, 0.1) is 0 Å². The second-order valence-electron chi connectivity index (χ2n) is 6.15. The number of amides is 1. The Labute approximate surface area is 121 Å². The van der Waals surface area contributed by atoms with Crippen LogP contribution in [0.4, 0.5) is 0 Å². The van der Waals surface area contributed by atoms with Gasteiger partial charge >= 0.3 is 0 Å². The highest BCUT2D eigenvalue weighted by molar-refractivity contribution is 5.86. The first-order chi connectivity index (χ1) is 9.43. The molecule has 1 heterocycles. The molecule has 1 aliphatic rings. The summed E-state index contributed by atoms with van der Waals surface area (Å²) in [6.07, 6.45) is 2.29. The standard InChI is InChI=1S/C16H25N3O/c1-12-8-9-19(13(2)10-12)11-16(18,15(17)20)14-6-4-3-5-7-14/h3-7,12-13H,8-11,18H2,1-2H3,(H2,17,20).